The minimum absolute atomic E-state index is 0.0310. The van der Waals surface area contributed by atoms with Crippen LogP contribution in [0.15, 0.2) is 4.79 Å². The molecule has 1 saturated heterocycles. The molecule has 0 saturated carbocycles. The van der Waals surface area contributed by atoms with Gasteiger partial charge in [-0.2, -0.15) is 4.98 Å². The van der Waals surface area contributed by atoms with Crippen molar-refractivity contribution in [2.75, 3.05) is 12.3 Å². The smallest absolute Gasteiger partial charge is 0.263 e. The molecule has 1 fully saturated rings. The van der Waals surface area contributed by atoms with Crippen molar-refractivity contribution in [2.45, 2.75) is 24.9 Å². The Morgan fingerprint density at radius 2 is 2.33 bits per heavy atom. The summed E-state index contributed by atoms with van der Waals surface area (Å²) in [6.07, 6.45) is -1.80. The number of rotatable bonds is 2. The zero-order valence-corrected chi connectivity index (χ0v) is 13.5. The van der Waals surface area contributed by atoms with Gasteiger partial charge in [-0.25, -0.2) is 0 Å². The Morgan fingerprint density at radius 1 is 1.62 bits per heavy atom. The molecule has 21 heavy (non-hydrogen) atoms. The molecule has 0 aromatic carbocycles. The van der Waals surface area contributed by atoms with Gasteiger partial charge in [0.05, 0.1) is 17.7 Å². The van der Waals surface area contributed by atoms with Crippen molar-refractivity contribution in [2.24, 2.45) is 0 Å². The average molecular weight is 427 g/mol. The lowest BCUT2D eigenvalue weighted by Gasteiger charge is -2.15. The number of aliphatic hydroxyl groups is 2. The number of nitrogens with two attached hydrogens (primary N) is 1. The van der Waals surface area contributed by atoms with Gasteiger partial charge in [0.1, 0.15) is 21.4 Å². The van der Waals surface area contributed by atoms with E-state index < -0.39 is 24.0 Å². The zero-order valence-electron chi connectivity index (χ0n) is 10.6. The molecule has 2 aromatic heterocycles. The minimum Gasteiger partial charge on any atom is -0.394 e. The summed E-state index contributed by atoms with van der Waals surface area (Å²) >= 11 is 8.17. The molecular weight excluding hydrogens is 415 g/mol. The van der Waals surface area contributed by atoms with Gasteiger partial charge in [0.25, 0.3) is 5.56 Å². The van der Waals surface area contributed by atoms with Gasteiger partial charge >= 0.3 is 0 Å². The fourth-order valence-electron chi connectivity index (χ4n) is 2.45. The van der Waals surface area contributed by atoms with Crippen molar-refractivity contribution >= 4 is 51.2 Å². The number of ether oxygens (including phenoxy) is 1. The topological polar surface area (TPSA) is 126 Å². The Balaban J connectivity index is 2.20. The molecule has 3 atom stereocenters. The van der Waals surface area contributed by atoms with E-state index in [0.29, 0.717) is 9.35 Å². The van der Waals surface area contributed by atoms with Crippen LogP contribution < -0.4 is 11.3 Å². The number of anilines is 1. The predicted molar refractivity (Wildman–Crippen MR) is 84.1 cm³/mol. The van der Waals surface area contributed by atoms with Crippen molar-refractivity contribution in [3.8, 4) is 0 Å². The van der Waals surface area contributed by atoms with E-state index in [4.69, 9.17) is 27.2 Å². The summed E-state index contributed by atoms with van der Waals surface area (Å²) in [5.41, 5.74) is 5.44. The van der Waals surface area contributed by atoms with Gasteiger partial charge < -0.3 is 20.7 Å². The third-order valence-electron chi connectivity index (χ3n) is 3.43. The first-order chi connectivity index (χ1) is 9.93. The van der Waals surface area contributed by atoms with Gasteiger partial charge in [-0.15, -0.1) is 0 Å². The summed E-state index contributed by atoms with van der Waals surface area (Å²) in [5, 5.41) is 19.5. The predicted octanol–water partition coefficient (Wildman–Crippen LogP) is 0.205. The molecule has 0 radical (unpaired) electrons. The Morgan fingerprint density at radius 3 is 2.95 bits per heavy atom. The van der Waals surface area contributed by atoms with Crippen LogP contribution in [0.4, 0.5) is 5.95 Å². The van der Waals surface area contributed by atoms with Gasteiger partial charge in [0, 0.05) is 6.42 Å². The molecule has 5 N–H and O–H groups in total. The Labute approximate surface area is 137 Å². The van der Waals surface area contributed by atoms with Crippen LogP contribution in [0.5, 0.6) is 0 Å². The average Bonchev–Trinajstić information content (AvgIpc) is 2.89. The number of fused-ring (bicyclic) bond motifs is 1. The highest BCUT2D eigenvalue weighted by atomic mass is 127. The van der Waals surface area contributed by atoms with Crippen molar-refractivity contribution in [1.82, 2.24) is 14.5 Å². The number of halogens is 2. The molecule has 3 heterocycles. The highest BCUT2D eigenvalue weighted by Gasteiger charge is 2.37. The highest BCUT2D eigenvalue weighted by Crippen LogP contribution is 2.37. The van der Waals surface area contributed by atoms with Crippen LogP contribution in [0, 0.1) is 3.70 Å². The Bertz CT molecular complexity index is 761. The summed E-state index contributed by atoms with van der Waals surface area (Å²) in [6.45, 7) is -0.294. The van der Waals surface area contributed by atoms with Crippen LogP contribution in [0.1, 0.15) is 12.6 Å². The van der Waals surface area contributed by atoms with E-state index in [1.807, 2.05) is 22.6 Å². The second kappa shape index (κ2) is 5.39. The molecule has 0 spiro atoms. The molecule has 0 unspecified atom stereocenters. The van der Waals surface area contributed by atoms with E-state index in [9.17, 15) is 9.90 Å². The number of nitrogens with zero attached hydrogens (tertiary/aromatic N) is 2. The quantitative estimate of drug-likeness (QED) is 0.509. The number of aromatic nitrogens is 3. The SMILES string of the molecule is Nc1nc2c(c(Cl)c(I)n2[C@H]2C[C@H](O)[C@@H](CO)O2)c(=O)[nH]1. The van der Waals surface area contributed by atoms with Gasteiger partial charge in [-0.1, -0.05) is 11.6 Å². The van der Waals surface area contributed by atoms with Crippen LogP contribution >= 0.6 is 34.2 Å². The second-order valence-electron chi connectivity index (χ2n) is 4.74. The maximum absolute atomic E-state index is 12.0. The van der Waals surface area contributed by atoms with Crippen LogP contribution in [-0.2, 0) is 4.74 Å². The molecule has 0 bridgehead atoms. The van der Waals surface area contributed by atoms with Crippen LogP contribution in [0.3, 0.4) is 0 Å². The molecule has 3 rings (SSSR count). The van der Waals surface area contributed by atoms with Crippen LogP contribution in [0.2, 0.25) is 5.02 Å². The summed E-state index contributed by atoms with van der Waals surface area (Å²) in [5.74, 6) is -0.0310. The first-order valence-electron chi connectivity index (χ1n) is 6.13. The Kier molecular flexibility index (Phi) is 3.86. The molecule has 114 valence electrons. The number of H-pyrrole nitrogens is 1. The lowest BCUT2D eigenvalue weighted by atomic mass is 10.2. The van der Waals surface area contributed by atoms with Gasteiger partial charge in [-0.3, -0.25) is 14.3 Å². The number of nitrogens with one attached hydrogen (secondary N) is 1. The monoisotopic (exact) mass is 426 g/mol. The van der Waals surface area contributed by atoms with E-state index in [1.165, 1.54) is 0 Å². The van der Waals surface area contributed by atoms with E-state index >= 15 is 0 Å². The van der Waals surface area contributed by atoms with Crippen molar-refractivity contribution in [3.63, 3.8) is 0 Å². The lowest BCUT2D eigenvalue weighted by molar-refractivity contribution is -0.0437. The first-order valence-corrected chi connectivity index (χ1v) is 7.58. The fraction of sp³-hybridized carbons (Fsp3) is 0.455. The third-order valence-corrected chi connectivity index (χ3v) is 5.18. The van der Waals surface area contributed by atoms with E-state index in [1.54, 1.807) is 4.57 Å². The third kappa shape index (κ3) is 2.32. The highest BCUT2D eigenvalue weighted by molar-refractivity contribution is 14.1. The first kappa shape index (κ1) is 15.0. The maximum Gasteiger partial charge on any atom is 0.263 e. The van der Waals surface area contributed by atoms with Crippen LogP contribution in [0.25, 0.3) is 11.0 Å². The number of hydrogen-bond donors (Lipinski definition) is 4. The molecule has 1 aliphatic heterocycles. The van der Waals surface area contributed by atoms with E-state index in [2.05, 4.69) is 9.97 Å². The summed E-state index contributed by atoms with van der Waals surface area (Å²) in [6, 6.07) is 0. The summed E-state index contributed by atoms with van der Waals surface area (Å²) in [7, 11) is 0. The van der Waals surface area contributed by atoms with Crippen LogP contribution in [-0.4, -0.2) is 43.6 Å². The Hall–Kier alpha value is -0.880. The molecule has 1 aliphatic rings. The molecule has 10 heteroatoms. The van der Waals surface area contributed by atoms with Crippen molar-refractivity contribution in [3.05, 3.63) is 19.1 Å². The largest absolute Gasteiger partial charge is 0.394 e. The summed E-state index contributed by atoms with van der Waals surface area (Å²) in [4.78, 5) is 18.5. The number of aliphatic hydroxyl groups excluding tert-OH is 2. The molecule has 8 nitrogen and oxygen atoms in total. The number of aromatic amines is 1. The molecule has 0 aliphatic carbocycles. The number of nitrogen functional groups attached to an aromatic ring is 1. The molecule has 2 aromatic rings. The summed E-state index contributed by atoms with van der Waals surface area (Å²) < 4.78 is 7.77. The molecule has 0 amide bonds. The second-order valence-corrected chi connectivity index (χ2v) is 6.14. The van der Waals surface area contributed by atoms with Gasteiger partial charge in [-0.05, 0) is 22.6 Å². The van der Waals surface area contributed by atoms with E-state index in [-0.39, 0.29) is 29.4 Å². The number of hydrogen-bond acceptors (Lipinski definition) is 6. The van der Waals surface area contributed by atoms with Crippen molar-refractivity contribution < 1.29 is 14.9 Å². The standard InChI is InChI=1S/C11H12ClIN4O4/c12-7-6-9(15-11(14)16-10(6)20)17(8(7)13)5-1-3(19)4(2-18)21-5/h3-5,18-19H,1-2H2,(H3,14,15,16,20)/t3-,4+,5+/m0/s1. The van der Waals surface area contributed by atoms with Gasteiger partial charge in [0.15, 0.2) is 5.65 Å². The fourth-order valence-corrected chi connectivity index (χ4v) is 3.52. The minimum atomic E-state index is -0.800. The van der Waals surface area contributed by atoms with Crippen molar-refractivity contribution in [1.29, 1.82) is 0 Å². The maximum atomic E-state index is 12.0. The molecular formula is C11H12ClIN4O4. The van der Waals surface area contributed by atoms with Gasteiger partial charge in [0.2, 0.25) is 5.95 Å². The zero-order chi connectivity index (χ0) is 15.3. The lowest BCUT2D eigenvalue weighted by Crippen LogP contribution is -2.24. The normalized spacial score (nSPS) is 25.8. The van der Waals surface area contributed by atoms with E-state index in [0.717, 1.165) is 0 Å².